The molecule has 2 aromatic heterocycles. The van der Waals surface area contributed by atoms with Crippen molar-refractivity contribution in [3.63, 3.8) is 0 Å². The molecule has 44 heavy (non-hydrogen) atoms. The Morgan fingerprint density at radius 3 is 2.00 bits per heavy atom. The number of para-hydroxylation sites is 2. The van der Waals surface area contributed by atoms with Gasteiger partial charge in [0.15, 0.2) is 5.69 Å². The Kier molecular flexibility index (Phi) is 5.31. The van der Waals surface area contributed by atoms with Crippen molar-refractivity contribution in [1.29, 1.82) is 0 Å². The van der Waals surface area contributed by atoms with E-state index in [0.29, 0.717) is 5.69 Å². The fourth-order valence-corrected chi connectivity index (χ4v) is 7.88. The lowest BCUT2D eigenvalue weighted by atomic mass is 9.72. The average Bonchev–Trinajstić information content (AvgIpc) is 3.63. The molecule has 3 unspecified atom stereocenters. The van der Waals surface area contributed by atoms with Crippen LogP contribution in [0.1, 0.15) is 46.9 Å². The number of rotatable bonds is 3. The van der Waals surface area contributed by atoms with Crippen molar-refractivity contribution >= 4 is 21.8 Å². The SMILES string of the molecule is FC(F)(F)c1cccc(-n2c(-c3ccccc3)c[n+]3c2C2c4ccccc4C3CC2n2c3ccccc3c3ccccc32)c1. The van der Waals surface area contributed by atoms with Gasteiger partial charge in [0.05, 0.1) is 11.6 Å². The van der Waals surface area contributed by atoms with Gasteiger partial charge in [-0.05, 0) is 35.9 Å². The largest absolute Gasteiger partial charge is 0.416 e. The fraction of sp³-hybridized carbons (Fsp3) is 0.132. The summed E-state index contributed by atoms with van der Waals surface area (Å²) in [5, 5.41) is 2.42. The molecular weight excluding hydrogens is 555 g/mol. The molecule has 3 atom stereocenters. The standard InChI is InChI=1S/C38H27F3N3/c39-38(40,41)25-13-10-14-26(21-25)43-35(24-11-2-1-3-12-24)23-42-33-22-34(36(37(42)43)30-18-5-4-17-29(30)33)44-31-19-8-6-15-27(31)28-16-7-9-20-32(28)44/h1-21,23,33-34,36H,22H2/q+1. The lowest BCUT2D eigenvalue weighted by molar-refractivity contribution is -0.731. The molecule has 0 radical (unpaired) electrons. The molecule has 3 nitrogen and oxygen atoms in total. The number of halogens is 3. The van der Waals surface area contributed by atoms with Gasteiger partial charge in [-0.2, -0.15) is 17.7 Å². The van der Waals surface area contributed by atoms with Gasteiger partial charge < -0.3 is 4.57 Å². The normalized spacial score (nSPS) is 18.9. The van der Waals surface area contributed by atoms with Crippen molar-refractivity contribution in [3.05, 3.63) is 156 Å². The minimum atomic E-state index is -4.44. The number of aromatic nitrogens is 3. The van der Waals surface area contributed by atoms with E-state index in [1.54, 1.807) is 6.07 Å². The molecule has 2 bridgehead atoms. The van der Waals surface area contributed by atoms with Gasteiger partial charge in [0.1, 0.15) is 23.8 Å². The zero-order valence-corrected chi connectivity index (χ0v) is 23.6. The van der Waals surface area contributed by atoms with Gasteiger partial charge in [0.25, 0.3) is 5.82 Å². The van der Waals surface area contributed by atoms with Gasteiger partial charge in [-0.3, -0.25) is 0 Å². The van der Waals surface area contributed by atoms with E-state index >= 15 is 0 Å². The molecule has 5 aromatic carbocycles. The maximum atomic E-state index is 14.0. The minimum absolute atomic E-state index is 0.0330. The summed E-state index contributed by atoms with van der Waals surface area (Å²) in [6.07, 6.45) is -1.41. The molecule has 7 aromatic rings. The highest BCUT2D eigenvalue weighted by Gasteiger charge is 2.53. The number of imidazole rings is 1. The van der Waals surface area contributed by atoms with Crippen LogP contribution in [-0.2, 0) is 6.18 Å². The molecule has 214 valence electrons. The van der Waals surface area contributed by atoms with Gasteiger partial charge in [0, 0.05) is 39.4 Å². The molecule has 0 spiro atoms. The molecule has 0 saturated heterocycles. The molecule has 2 aliphatic heterocycles. The number of hydrogen-bond donors (Lipinski definition) is 0. The summed E-state index contributed by atoms with van der Waals surface area (Å²) < 4.78 is 49.0. The maximum absolute atomic E-state index is 14.0. The highest BCUT2D eigenvalue weighted by atomic mass is 19.4. The van der Waals surface area contributed by atoms with E-state index in [1.165, 1.54) is 45.1 Å². The van der Waals surface area contributed by atoms with Crippen LogP contribution in [0.4, 0.5) is 13.2 Å². The molecule has 6 heteroatoms. The lowest BCUT2D eigenvalue weighted by Crippen LogP contribution is -2.54. The van der Waals surface area contributed by atoms with E-state index in [1.807, 2.05) is 30.3 Å². The summed E-state index contributed by atoms with van der Waals surface area (Å²) in [5.41, 5.74) is 6.58. The van der Waals surface area contributed by atoms with E-state index in [4.69, 9.17) is 0 Å². The van der Waals surface area contributed by atoms with E-state index in [2.05, 4.69) is 92.7 Å². The minimum Gasteiger partial charge on any atom is -0.336 e. The summed E-state index contributed by atoms with van der Waals surface area (Å²) in [4.78, 5) is 0. The third-order valence-corrected chi connectivity index (χ3v) is 9.60. The van der Waals surface area contributed by atoms with Gasteiger partial charge in [0.2, 0.25) is 0 Å². The lowest BCUT2D eigenvalue weighted by Gasteiger charge is -2.42. The van der Waals surface area contributed by atoms with Crippen molar-refractivity contribution in [3.8, 4) is 16.9 Å². The molecule has 1 aliphatic carbocycles. The van der Waals surface area contributed by atoms with Gasteiger partial charge in [-0.1, -0.05) is 97.1 Å². The molecule has 3 aliphatic rings. The maximum Gasteiger partial charge on any atom is 0.416 e. The number of hydrogen-bond acceptors (Lipinski definition) is 0. The first-order valence-corrected chi connectivity index (χ1v) is 15.0. The molecular formula is C38H27F3N3+. The fourth-order valence-electron chi connectivity index (χ4n) is 7.88. The van der Waals surface area contributed by atoms with Gasteiger partial charge >= 0.3 is 6.18 Å². The van der Waals surface area contributed by atoms with Crippen LogP contribution in [0.2, 0.25) is 0 Å². The first-order valence-electron chi connectivity index (χ1n) is 15.0. The quantitative estimate of drug-likeness (QED) is 0.184. The van der Waals surface area contributed by atoms with Gasteiger partial charge in [-0.25, -0.2) is 4.57 Å². The third-order valence-electron chi connectivity index (χ3n) is 9.60. The Morgan fingerprint density at radius 1 is 0.659 bits per heavy atom. The van der Waals surface area contributed by atoms with E-state index in [-0.39, 0.29) is 18.0 Å². The predicted molar refractivity (Wildman–Crippen MR) is 166 cm³/mol. The van der Waals surface area contributed by atoms with Crippen molar-refractivity contribution < 1.29 is 17.7 Å². The van der Waals surface area contributed by atoms with Crippen LogP contribution in [0.15, 0.2) is 134 Å². The highest BCUT2D eigenvalue weighted by molar-refractivity contribution is 6.08. The third kappa shape index (κ3) is 3.54. The first kappa shape index (κ1) is 25.4. The van der Waals surface area contributed by atoms with E-state index in [0.717, 1.165) is 29.6 Å². The second-order valence-corrected chi connectivity index (χ2v) is 11.9. The van der Waals surface area contributed by atoms with Crippen LogP contribution in [0.3, 0.4) is 0 Å². The summed E-state index contributed by atoms with van der Waals surface area (Å²) in [7, 11) is 0. The number of fused-ring (bicyclic) bond motifs is 4. The summed E-state index contributed by atoms with van der Waals surface area (Å²) in [6, 6.07) is 41.5. The number of benzene rings is 5. The molecule has 0 N–H and O–H groups in total. The summed E-state index contributed by atoms with van der Waals surface area (Å²) in [6.45, 7) is 0. The molecule has 10 rings (SSSR count). The van der Waals surface area contributed by atoms with Gasteiger partial charge in [-0.15, -0.1) is 0 Å². The summed E-state index contributed by atoms with van der Waals surface area (Å²) in [5.74, 6) is 0.910. The van der Waals surface area contributed by atoms with Crippen LogP contribution in [0.25, 0.3) is 38.8 Å². The zero-order valence-electron chi connectivity index (χ0n) is 23.6. The van der Waals surface area contributed by atoms with Crippen molar-refractivity contribution in [1.82, 2.24) is 9.13 Å². The predicted octanol–water partition coefficient (Wildman–Crippen LogP) is 9.24. The monoisotopic (exact) mass is 582 g/mol. The Labute approximate surface area is 252 Å². The number of nitrogens with zero attached hydrogens (tertiary/aromatic N) is 3. The topological polar surface area (TPSA) is 13.7 Å². The van der Waals surface area contributed by atoms with Crippen LogP contribution < -0.4 is 4.57 Å². The van der Waals surface area contributed by atoms with E-state index in [9.17, 15) is 13.2 Å². The van der Waals surface area contributed by atoms with Crippen LogP contribution in [-0.4, -0.2) is 9.13 Å². The number of alkyl halides is 3. The Balaban J connectivity index is 1.37. The van der Waals surface area contributed by atoms with Crippen LogP contribution in [0, 0.1) is 0 Å². The Morgan fingerprint density at radius 2 is 1.30 bits per heavy atom. The molecule has 0 fully saturated rings. The van der Waals surface area contributed by atoms with Crippen molar-refractivity contribution in [2.24, 2.45) is 0 Å². The zero-order chi connectivity index (χ0) is 29.6. The summed E-state index contributed by atoms with van der Waals surface area (Å²) >= 11 is 0. The highest BCUT2D eigenvalue weighted by Crippen LogP contribution is 2.54. The van der Waals surface area contributed by atoms with Crippen molar-refractivity contribution in [2.75, 3.05) is 0 Å². The average molecular weight is 583 g/mol. The molecule has 0 saturated carbocycles. The van der Waals surface area contributed by atoms with Crippen molar-refractivity contribution in [2.45, 2.75) is 30.6 Å². The first-order chi connectivity index (χ1) is 21.5. The Hall–Kier alpha value is -5.10. The molecule has 4 heterocycles. The second kappa shape index (κ2) is 9.20. The van der Waals surface area contributed by atoms with Crippen LogP contribution in [0.5, 0.6) is 0 Å². The smallest absolute Gasteiger partial charge is 0.336 e. The second-order valence-electron chi connectivity index (χ2n) is 11.9. The molecule has 0 amide bonds. The van der Waals surface area contributed by atoms with Crippen LogP contribution >= 0.6 is 0 Å². The Bertz CT molecular complexity index is 2170. The van der Waals surface area contributed by atoms with E-state index < -0.39 is 11.7 Å².